The van der Waals surface area contributed by atoms with Crippen LogP contribution < -0.4 is 10.2 Å². The van der Waals surface area contributed by atoms with Crippen molar-refractivity contribution in [1.29, 1.82) is 0 Å². The molecular weight excluding hydrogens is 307 g/mol. The molecule has 2 aromatic carbocycles. The summed E-state index contributed by atoms with van der Waals surface area (Å²) in [5, 5.41) is 2.64. The molecule has 1 N–H and O–H groups in total. The maximum absolute atomic E-state index is 13.7. The van der Waals surface area contributed by atoms with Crippen LogP contribution in [0, 0.1) is 19.7 Å². The Labute approximate surface area is 140 Å². The lowest BCUT2D eigenvalue weighted by Gasteiger charge is -2.18. The Morgan fingerprint density at radius 2 is 1.83 bits per heavy atom. The second kappa shape index (κ2) is 6.43. The van der Waals surface area contributed by atoms with Crippen molar-refractivity contribution in [3.8, 4) is 0 Å². The predicted octanol–water partition coefficient (Wildman–Crippen LogP) is 2.98. The number of rotatable bonds is 3. The van der Waals surface area contributed by atoms with Crippen LogP contribution in [-0.2, 0) is 4.79 Å². The van der Waals surface area contributed by atoms with E-state index in [4.69, 9.17) is 0 Å². The molecule has 1 aliphatic rings. The normalized spacial score (nSPS) is 17.2. The van der Waals surface area contributed by atoms with Crippen LogP contribution in [0.2, 0.25) is 0 Å². The summed E-state index contributed by atoms with van der Waals surface area (Å²) in [5.74, 6) is -1.31. The molecule has 5 heteroatoms. The number of hydrogen-bond acceptors (Lipinski definition) is 2. The van der Waals surface area contributed by atoms with Crippen LogP contribution in [0.4, 0.5) is 10.1 Å². The zero-order valence-corrected chi connectivity index (χ0v) is 13.7. The lowest BCUT2D eigenvalue weighted by atomic mass is 10.1. The summed E-state index contributed by atoms with van der Waals surface area (Å²) in [7, 11) is 0. The molecule has 0 saturated carbocycles. The number of halogens is 1. The smallest absolute Gasteiger partial charge is 0.254 e. The van der Waals surface area contributed by atoms with E-state index in [2.05, 4.69) is 5.32 Å². The van der Waals surface area contributed by atoms with Crippen molar-refractivity contribution in [2.24, 2.45) is 0 Å². The third-order valence-electron chi connectivity index (χ3n) is 4.15. The lowest BCUT2D eigenvalue weighted by molar-refractivity contribution is -0.118. The summed E-state index contributed by atoms with van der Waals surface area (Å²) < 4.78 is 13.7. The first-order valence-electron chi connectivity index (χ1n) is 7.91. The summed E-state index contributed by atoms with van der Waals surface area (Å²) in [6.45, 7) is 4.49. The van der Waals surface area contributed by atoms with Gasteiger partial charge in [0.15, 0.2) is 0 Å². The molecule has 0 aromatic heterocycles. The highest BCUT2D eigenvalue weighted by molar-refractivity contribution is 6.04. The van der Waals surface area contributed by atoms with Gasteiger partial charge in [-0.2, -0.15) is 0 Å². The average molecular weight is 326 g/mol. The third-order valence-corrected chi connectivity index (χ3v) is 4.15. The Morgan fingerprint density at radius 1 is 1.17 bits per heavy atom. The van der Waals surface area contributed by atoms with E-state index in [1.165, 1.54) is 18.2 Å². The van der Waals surface area contributed by atoms with Gasteiger partial charge in [0.2, 0.25) is 5.91 Å². The summed E-state index contributed by atoms with van der Waals surface area (Å²) in [4.78, 5) is 26.5. The van der Waals surface area contributed by atoms with Crippen molar-refractivity contribution in [1.82, 2.24) is 5.32 Å². The molecular formula is C19H19FN2O2. The largest absolute Gasteiger partial charge is 0.340 e. The molecule has 0 spiro atoms. The highest BCUT2D eigenvalue weighted by atomic mass is 19.1. The molecule has 1 fully saturated rings. The van der Waals surface area contributed by atoms with Crippen LogP contribution in [0.15, 0.2) is 42.5 Å². The molecule has 1 saturated heterocycles. The minimum atomic E-state index is -0.627. The van der Waals surface area contributed by atoms with Crippen molar-refractivity contribution >= 4 is 17.5 Å². The van der Waals surface area contributed by atoms with Gasteiger partial charge >= 0.3 is 0 Å². The van der Waals surface area contributed by atoms with Crippen LogP contribution >= 0.6 is 0 Å². The molecule has 0 aliphatic carbocycles. The molecule has 3 rings (SSSR count). The van der Waals surface area contributed by atoms with Gasteiger partial charge in [0.25, 0.3) is 5.91 Å². The quantitative estimate of drug-likeness (QED) is 0.943. The standard InChI is InChI=1S/C19H19FN2O2/c1-12-9-13(2)11-14(10-12)22-8-7-17(19(22)24)21-18(23)15-5-3-4-6-16(15)20/h3-6,9-11,17H,7-8H2,1-2H3,(H,21,23)/t17-/m0/s1. The van der Waals surface area contributed by atoms with Crippen molar-refractivity contribution in [2.45, 2.75) is 26.3 Å². The van der Waals surface area contributed by atoms with Gasteiger partial charge in [0.1, 0.15) is 11.9 Å². The third kappa shape index (κ3) is 3.15. The fraction of sp³-hybridized carbons (Fsp3) is 0.263. The Bertz CT molecular complexity index is 783. The number of benzene rings is 2. The molecule has 0 bridgehead atoms. The molecule has 2 aromatic rings. The van der Waals surface area contributed by atoms with E-state index in [0.717, 1.165) is 16.8 Å². The topological polar surface area (TPSA) is 49.4 Å². The van der Waals surface area contributed by atoms with Crippen molar-refractivity contribution in [3.63, 3.8) is 0 Å². The monoisotopic (exact) mass is 326 g/mol. The van der Waals surface area contributed by atoms with E-state index in [1.54, 1.807) is 11.0 Å². The van der Waals surface area contributed by atoms with Crippen LogP contribution in [0.1, 0.15) is 27.9 Å². The molecule has 0 radical (unpaired) electrons. The van der Waals surface area contributed by atoms with E-state index >= 15 is 0 Å². The fourth-order valence-corrected chi connectivity index (χ4v) is 3.06. The first-order valence-corrected chi connectivity index (χ1v) is 7.91. The van der Waals surface area contributed by atoms with E-state index in [9.17, 15) is 14.0 Å². The molecule has 0 unspecified atom stereocenters. The Kier molecular flexibility index (Phi) is 4.34. The number of carbonyl (C=O) groups is 2. The van der Waals surface area contributed by atoms with E-state index in [1.807, 2.05) is 32.0 Å². The number of aryl methyl sites for hydroxylation is 2. The fourth-order valence-electron chi connectivity index (χ4n) is 3.06. The number of carbonyl (C=O) groups excluding carboxylic acids is 2. The van der Waals surface area contributed by atoms with Gasteiger partial charge in [-0.15, -0.1) is 0 Å². The van der Waals surface area contributed by atoms with Gasteiger partial charge in [-0.05, 0) is 55.7 Å². The minimum Gasteiger partial charge on any atom is -0.340 e. The number of nitrogens with one attached hydrogen (secondary N) is 1. The highest BCUT2D eigenvalue weighted by Crippen LogP contribution is 2.24. The molecule has 124 valence electrons. The van der Waals surface area contributed by atoms with Gasteiger partial charge in [0, 0.05) is 12.2 Å². The number of amides is 2. The number of nitrogens with zero attached hydrogens (tertiary/aromatic N) is 1. The summed E-state index contributed by atoms with van der Waals surface area (Å²) in [6.07, 6.45) is 0.506. The predicted molar refractivity (Wildman–Crippen MR) is 90.5 cm³/mol. The second-order valence-corrected chi connectivity index (χ2v) is 6.13. The second-order valence-electron chi connectivity index (χ2n) is 6.13. The van der Waals surface area contributed by atoms with E-state index < -0.39 is 17.8 Å². The average Bonchev–Trinajstić information content (AvgIpc) is 2.87. The van der Waals surface area contributed by atoms with Gasteiger partial charge in [-0.1, -0.05) is 18.2 Å². The Balaban J connectivity index is 1.75. The summed E-state index contributed by atoms with van der Waals surface area (Å²) in [5.41, 5.74) is 2.95. The molecule has 1 heterocycles. The number of anilines is 1. The maximum atomic E-state index is 13.7. The lowest BCUT2D eigenvalue weighted by Crippen LogP contribution is -2.41. The Hall–Kier alpha value is -2.69. The van der Waals surface area contributed by atoms with Crippen LogP contribution in [-0.4, -0.2) is 24.4 Å². The number of hydrogen-bond donors (Lipinski definition) is 1. The Morgan fingerprint density at radius 3 is 2.50 bits per heavy atom. The first-order chi connectivity index (χ1) is 11.5. The van der Waals surface area contributed by atoms with Crippen LogP contribution in [0.3, 0.4) is 0 Å². The van der Waals surface area contributed by atoms with Crippen molar-refractivity contribution in [3.05, 3.63) is 65.0 Å². The zero-order valence-electron chi connectivity index (χ0n) is 13.7. The van der Waals surface area contributed by atoms with Gasteiger partial charge < -0.3 is 10.2 Å². The van der Waals surface area contributed by atoms with Crippen molar-refractivity contribution < 1.29 is 14.0 Å². The van der Waals surface area contributed by atoms with Gasteiger partial charge in [-0.25, -0.2) is 4.39 Å². The molecule has 24 heavy (non-hydrogen) atoms. The van der Waals surface area contributed by atoms with Gasteiger partial charge in [0.05, 0.1) is 5.56 Å². The van der Waals surface area contributed by atoms with E-state index in [-0.39, 0.29) is 11.5 Å². The van der Waals surface area contributed by atoms with Crippen LogP contribution in [0.25, 0.3) is 0 Å². The molecule has 1 aliphatic heterocycles. The summed E-state index contributed by atoms with van der Waals surface area (Å²) in [6, 6.07) is 11.1. The minimum absolute atomic E-state index is 0.0462. The SMILES string of the molecule is Cc1cc(C)cc(N2CC[C@H](NC(=O)c3ccccc3F)C2=O)c1. The highest BCUT2D eigenvalue weighted by Gasteiger charge is 2.34. The van der Waals surface area contributed by atoms with Crippen LogP contribution in [0.5, 0.6) is 0 Å². The first kappa shape index (κ1) is 16.2. The maximum Gasteiger partial charge on any atom is 0.254 e. The van der Waals surface area contributed by atoms with E-state index in [0.29, 0.717) is 13.0 Å². The molecule has 2 amide bonds. The summed E-state index contributed by atoms with van der Waals surface area (Å²) >= 11 is 0. The zero-order chi connectivity index (χ0) is 17.3. The molecule has 1 atom stereocenters. The van der Waals surface area contributed by atoms with Gasteiger partial charge in [-0.3, -0.25) is 9.59 Å². The van der Waals surface area contributed by atoms with Crippen molar-refractivity contribution in [2.75, 3.05) is 11.4 Å². The molecule has 4 nitrogen and oxygen atoms in total.